The predicted molar refractivity (Wildman–Crippen MR) is 69.0 cm³/mol. The van der Waals surface area contributed by atoms with Gasteiger partial charge in [0.2, 0.25) is 0 Å². The Morgan fingerprint density at radius 1 is 1.24 bits per heavy atom. The molecule has 1 aromatic rings. The van der Waals surface area contributed by atoms with Gasteiger partial charge in [0, 0.05) is 25.2 Å². The molecule has 0 N–H and O–H groups in total. The van der Waals surface area contributed by atoms with Crippen molar-refractivity contribution in [3.8, 4) is 0 Å². The van der Waals surface area contributed by atoms with Crippen molar-refractivity contribution in [3.63, 3.8) is 0 Å². The molecule has 0 amide bonds. The van der Waals surface area contributed by atoms with Crippen LogP contribution in [0.5, 0.6) is 0 Å². The molecule has 3 rings (SSSR count). The van der Waals surface area contributed by atoms with Gasteiger partial charge in [0.05, 0.1) is 6.61 Å². The molecule has 3 unspecified atom stereocenters. The maximum absolute atomic E-state index is 5.34. The molecule has 2 aliphatic rings. The lowest BCUT2D eigenvalue weighted by atomic mass is 9.98. The number of ether oxygens (including phenoxy) is 1. The maximum Gasteiger partial charge on any atom is 0.0615 e. The molecule has 2 nitrogen and oxygen atoms in total. The van der Waals surface area contributed by atoms with Crippen LogP contribution in [0, 0.1) is 0 Å². The lowest BCUT2D eigenvalue weighted by Crippen LogP contribution is -2.39. The van der Waals surface area contributed by atoms with Crippen LogP contribution in [0.4, 0.5) is 0 Å². The molecule has 0 radical (unpaired) electrons. The van der Waals surface area contributed by atoms with Gasteiger partial charge in [-0.3, -0.25) is 4.90 Å². The van der Waals surface area contributed by atoms with Gasteiger partial charge in [-0.15, -0.1) is 0 Å². The zero-order chi connectivity index (χ0) is 11.8. The second-order valence-electron chi connectivity index (χ2n) is 5.34. The van der Waals surface area contributed by atoms with Crippen LogP contribution in [0.2, 0.25) is 0 Å². The molecule has 17 heavy (non-hydrogen) atoms. The Morgan fingerprint density at radius 2 is 1.82 bits per heavy atom. The Kier molecular flexibility index (Phi) is 2.93. The molecule has 0 aromatic heterocycles. The summed E-state index contributed by atoms with van der Waals surface area (Å²) in [6, 6.07) is 10.8. The number of hydrogen-bond acceptors (Lipinski definition) is 2. The number of fused-ring (bicyclic) bond motifs is 5. The molecule has 1 aromatic carbocycles. The molecule has 92 valence electrons. The normalized spacial score (nSPS) is 29.1. The van der Waals surface area contributed by atoms with Gasteiger partial charge in [-0.1, -0.05) is 24.3 Å². The van der Waals surface area contributed by atoms with Crippen molar-refractivity contribution in [3.05, 3.63) is 35.4 Å². The number of benzene rings is 1. The quantitative estimate of drug-likeness (QED) is 0.791. The number of nitrogens with zero attached hydrogens (tertiary/aromatic N) is 1. The van der Waals surface area contributed by atoms with Crippen molar-refractivity contribution >= 4 is 0 Å². The van der Waals surface area contributed by atoms with Crippen molar-refractivity contribution in [1.29, 1.82) is 0 Å². The standard InChI is InChI=1S/C15H21NO/c1-11(10-17-2)16-14-8-5-9-15(16)13-7-4-3-6-12(13)14/h3-4,6-7,11,14-15H,5,8-10H2,1-2H3. The van der Waals surface area contributed by atoms with E-state index in [1.54, 1.807) is 18.2 Å². The van der Waals surface area contributed by atoms with Crippen molar-refractivity contribution in [2.45, 2.75) is 44.3 Å². The van der Waals surface area contributed by atoms with E-state index in [9.17, 15) is 0 Å². The van der Waals surface area contributed by atoms with E-state index in [1.165, 1.54) is 19.3 Å². The van der Waals surface area contributed by atoms with Crippen LogP contribution in [0.3, 0.4) is 0 Å². The number of piperidine rings is 1. The van der Waals surface area contributed by atoms with Crippen molar-refractivity contribution in [2.24, 2.45) is 0 Å². The summed E-state index contributed by atoms with van der Waals surface area (Å²) in [5, 5.41) is 0. The summed E-state index contributed by atoms with van der Waals surface area (Å²) in [4.78, 5) is 2.68. The smallest absolute Gasteiger partial charge is 0.0615 e. The molecule has 2 bridgehead atoms. The summed E-state index contributed by atoms with van der Waals surface area (Å²) >= 11 is 0. The average molecular weight is 231 g/mol. The van der Waals surface area contributed by atoms with E-state index in [2.05, 4.69) is 36.1 Å². The summed E-state index contributed by atoms with van der Waals surface area (Å²) in [5.74, 6) is 0. The molecule has 0 spiro atoms. The molecule has 2 heteroatoms. The third-order valence-corrected chi connectivity index (χ3v) is 4.31. The first-order chi connectivity index (χ1) is 8.33. The van der Waals surface area contributed by atoms with Gasteiger partial charge in [0.25, 0.3) is 0 Å². The van der Waals surface area contributed by atoms with Gasteiger partial charge in [-0.05, 0) is 37.3 Å². The summed E-state index contributed by atoms with van der Waals surface area (Å²) < 4.78 is 5.34. The largest absolute Gasteiger partial charge is 0.383 e. The van der Waals surface area contributed by atoms with Gasteiger partial charge >= 0.3 is 0 Å². The summed E-state index contributed by atoms with van der Waals surface area (Å²) in [6.45, 7) is 3.13. The van der Waals surface area contributed by atoms with Crippen molar-refractivity contribution in [2.75, 3.05) is 13.7 Å². The molecule has 2 aliphatic heterocycles. The first-order valence-corrected chi connectivity index (χ1v) is 6.68. The van der Waals surface area contributed by atoms with E-state index in [4.69, 9.17) is 4.74 Å². The van der Waals surface area contributed by atoms with Crippen LogP contribution < -0.4 is 0 Å². The maximum atomic E-state index is 5.34. The van der Waals surface area contributed by atoms with Gasteiger partial charge in [0.15, 0.2) is 0 Å². The molecular weight excluding hydrogens is 210 g/mol. The Hall–Kier alpha value is -0.860. The van der Waals surface area contributed by atoms with Crippen molar-refractivity contribution < 1.29 is 4.74 Å². The first-order valence-electron chi connectivity index (χ1n) is 6.68. The highest BCUT2D eigenvalue weighted by atomic mass is 16.5. The zero-order valence-corrected chi connectivity index (χ0v) is 10.7. The van der Waals surface area contributed by atoms with Crippen molar-refractivity contribution in [1.82, 2.24) is 4.90 Å². The number of methoxy groups -OCH3 is 1. The van der Waals surface area contributed by atoms with Gasteiger partial charge < -0.3 is 4.74 Å². The topological polar surface area (TPSA) is 12.5 Å². The van der Waals surface area contributed by atoms with Crippen LogP contribution in [-0.4, -0.2) is 24.7 Å². The first kappa shape index (κ1) is 11.2. The molecule has 1 saturated heterocycles. The number of hydrogen-bond donors (Lipinski definition) is 0. The molecule has 0 saturated carbocycles. The highest BCUT2D eigenvalue weighted by Crippen LogP contribution is 2.51. The second kappa shape index (κ2) is 4.43. The van der Waals surface area contributed by atoms with Crippen LogP contribution in [0.25, 0.3) is 0 Å². The number of rotatable bonds is 3. The lowest BCUT2D eigenvalue weighted by molar-refractivity contribution is 0.0236. The van der Waals surface area contributed by atoms with E-state index in [-0.39, 0.29) is 0 Å². The van der Waals surface area contributed by atoms with Crippen LogP contribution in [-0.2, 0) is 4.74 Å². The lowest BCUT2D eigenvalue weighted by Gasteiger charge is -2.39. The zero-order valence-electron chi connectivity index (χ0n) is 10.7. The minimum atomic E-state index is 0.516. The fourth-order valence-corrected chi connectivity index (χ4v) is 3.71. The van der Waals surface area contributed by atoms with Gasteiger partial charge in [-0.25, -0.2) is 0 Å². The molecule has 3 atom stereocenters. The predicted octanol–water partition coefficient (Wildman–Crippen LogP) is 3.30. The van der Waals surface area contributed by atoms with E-state index in [0.717, 1.165) is 6.61 Å². The van der Waals surface area contributed by atoms with Crippen LogP contribution in [0.1, 0.15) is 49.4 Å². The Morgan fingerprint density at radius 3 is 2.35 bits per heavy atom. The Balaban J connectivity index is 1.95. The second-order valence-corrected chi connectivity index (χ2v) is 5.34. The highest BCUT2D eigenvalue weighted by Gasteiger charge is 2.42. The van der Waals surface area contributed by atoms with Crippen LogP contribution >= 0.6 is 0 Å². The monoisotopic (exact) mass is 231 g/mol. The fraction of sp³-hybridized carbons (Fsp3) is 0.600. The highest BCUT2D eigenvalue weighted by molar-refractivity contribution is 5.38. The third kappa shape index (κ3) is 1.71. The van der Waals surface area contributed by atoms with E-state index in [1.807, 2.05) is 0 Å². The van der Waals surface area contributed by atoms with Gasteiger partial charge in [-0.2, -0.15) is 0 Å². The summed E-state index contributed by atoms with van der Waals surface area (Å²) in [5.41, 5.74) is 3.14. The minimum Gasteiger partial charge on any atom is -0.383 e. The van der Waals surface area contributed by atoms with Gasteiger partial charge in [0.1, 0.15) is 0 Å². The average Bonchev–Trinajstić information content (AvgIpc) is 2.55. The fourth-order valence-electron chi connectivity index (χ4n) is 3.71. The third-order valence-electron chi connectivity index (χ3n) is 4.31. The SMILES string of the molecule is COCC(C)N1C2CCCC1c1ccccc12. The van der Waals surface area contributed by atoms with Crippen LogP contribution in [0.15, 0.2) is 24.3 Å². The molecular formula is C15H21NO. The molecule has 0 aliphatic carbocycles. The van der Waals surface area contributed by atoms with E-state index in [0.29, 0.717) is 18.1 Å². The summed E-state index contributed by atoms with van der Waals surface area (Å²) in [7, 11) is 1.80. The van der Waals surface area contributed by atoms with E-state index < -0.39 is 0 Å². The Labute approximate surface area is 104 Å². The van der Waals surface area contributed by atoms with E-state index >= 15 is 0 Å². The Bertz CT molecular complexity index is 373. The minimum absolute atomic E-state index is 0.516. The summed E-state index contributed by atoms with van der Waals surface area (Å²) in [6.07, 6.45) is 3.98. The molecule has 1 fully saturated rings. The molecule has 2 heterocycles.